The molecule has 23 N–H and O–H groups in total. The van der Waals surface area contributed by atoms with E-state index in [4.69, 9.17) is 22.9 Å². The van der Waals surface area contributed by atoms with Gasteiger partial charge in [-0.3, -0.25) is 72.1 Å². The molecule has 1 aliphatic heterocycles. The number of hydrogen-bond acceptors (Lipinski definition) is 19. The first-order valence-corrected chi connectivity index (χ1v) is 31.8. The van der Waals surface area contributed by atoms with Crippen molar-refractivity contribution in [3.63, 3.8) is 0 Å². The SMILES string of the molecule is CC(=O)N[C@@H](CC(C)C)C(=O)N[C@@H](Cc1ccc(O)cc1)C(=O)N[C@@H](CCCN=C(N)N)C(=O)N[C@@H](C)C(=O)N[C@@H](CC(N)=O)C(=O)N[C@@H](Cc1ccccc1)C(=O)N[C@@H](C)C(=O)N[C@@H](CO)C(=O)N1CCC[C@H]1C(=O)NCC(=O)N[C@@H](Cc1ccc(O)cc1)C(=O)N[C@@H](CO)C(N)=O. The first-order chi connectivity index (χ1) is 46.8. The van der Waals surface area contributed by atoms with Gasteiger partial charge in [-0.25, -0.2) is 0 Å². The molecule has 4 rings (SSSR count). The number of aliphatic imine (C=N–C) groups is 1. The molecule has 1 aliphatic rings. The Morgan fingerprint density at radius 1 is 0.515 bits per heavy atom. The Morgan fingerprint density at radius 2 is 0.949 bits per heavy atom. The van der Waals surface area contributed by atoms with Crippen LogP contribution in [-0.2, 0) is 86.4 Å². The number of likely N-dealkylation sites (tertiary alicyclic amines) is 1. The Labute approximate surface area is 570 Å². The van der Waals surface area contributed by atoms with E-state index >= 15 is 0 Å². The van der Waals surface area contributed by atoms with Gasteiger partial charge in [-0.2, -0.15) is 0 Å². The van der Waals surface area contributed by atoms with Gasteiger partial charge in [-0.15, -0.1) is 0 Å². The lowest BCUT2D eigenvalue weighted by molar-refractivity contribution is -0.143. The van der Waals surface area contributed by atoms with Crippen LogP contribution in [0.2, 0.25) is 0 Å². The highest BCUT2D eigenvalue weighted by molar-refractivity contribution is 6.00. The van der Waals surface area contributed by atoms with E-state index in [0.717, 1.165) is 4.90 Å². The number of hydrogen-bond donors (Lipinski definition) is 19. The molecular weight excluding hydrogens is 1290 g/mol. The highest BCUT2D eigenvalue weighted by Gasteiger charge is 2.40. The number of nitrogens with zero attached hydrogens (tertiary/aromatic N) is 2. The van der Waals surface area contributed by atoms with E-state index in [1.165, 1.54) is 69.3 Å². The molecule has 0 radical (unpaired) electrons. The number of rotatable bonds is 39. The summed E-state index contributed by atoms with van der Waals surface area (Å²) in [6.45, 7) is 4.68. The van der Waals surface area contributed by atoms with Crippen molar-refractivity contribution < 1.29 is 87.5 Å². The Bertz CT molecular complexity index is 3360. The summed E-state index contributed by atoms with van der Waals surface area (Å²) in [5.74, 6) is -13.5. The summed E-state index contributed by atoms with van der Waals surface area (Å²) in [7, 11) is 0. The van der Waals surface area contributed by atoms with Crippen LogP contribution in [0, 0.1) is 5.92 Å². The molecule has 3 aromatic carbocycles. The highest BCUT2D eigenvalue weighted by Crippen LogP contribution is 2.20. The summed E-state index contributed by atoms with van der Waals surface area (Å²) in [6.07, 6.45) is -0.953. The summed E-state index contributed by atoms with van der Waals surface area (Å²) in [5.41, 5.74) is 23.2. The van der Waals surface area contributed by atoms with E-state index in [1.54, 1.807) is 30.3 Å². The summed E-state index contributed by atoms with van der Waals surface area (Å²) in [6, 6.07) is 3.35. The van der Waals surface area contributed by atoms with Crippen LogP contribution in [0.5, 0.6) is 11.5 Å². The van der Waals surface area contributed by atoms with Crippen molar-refractivity contribution in [2.24, 2.45) is 33.8 Å². The number of amides is 14. The van der Waals surface area contributed by atoms with Gasteiger partial charge in [0.05, 0.1) is 26.2 Å². The van der Waals surface area contributed by atoms with Crippen LogP contribution >= 0.6 is 0 Å². The van der Waals surface area contributed by atoms with Crippen molar-refractivity contribution >= 4 is 88.7 Å². The van der Waals surface area contributed by atoms with Crippen LogP contribution in [-0.4, -0.2) is 213 Å². The highest BCUT2D eigenvalue weighted by atomic mass is 16.3. The zero-order chi connectivity index (χ0) is 73.6. The standard InChI is InChI=1S/C64H91N17O18/c1-33(2)25-43(73-36(5)84)58(94)78-46(28-39-17-21-41(86)22-18-39)60(96)75-42(13-9-23-69-64(67)68)56(92)71-34(3)54(90)76-47(29-51(65)87)61(97)77-45(26-37-11-7-6-8-12-37)57(93)72-35(4)55(91)80-49(32-83)63(99)81-24-10-14-50(81)62(98)70-30-52(88)74-44(27-38-15-19-40(85)20-16-38)59(95)79-48(31-82)53(66)89/h6-8,11-12,15-22,33-35,42-50,82-83,85-86H,9-10,13-14,23-32H2,1-5H3,(H2,65,87)(H2,66,89)(H,70,98)(H,71,92)(H,72,93)(H,73,84)(H,74,88)(H,75,96)(H,76,90)(H,77,97)(H,78,94)(H,79,95)(H,80,91)(H4,67,68,69)/t34-,35-,42-,43-,44-,45-,46-,47-,48-,49-,50-/m0/s1. The Morgan fingerprint density at radius 3 is 1.42 bits per heavy atom. The summed E-state index contributed by atoms with van der Waals surface area (Å²) in [4.78, 5) is 193. The number of phenols is 2. The van der Waals surface area contributed by atoms with E-state index < -0.39 is 175 Å². The molecule has 35 nitrogen and oxygen atoms in total. The van der Waals surface area contributed by atoms with E-state index in [2.05, 4.69) is 63.5 Å². The van der Waals surface area contributed by atoms with Gasteiger partial charge >= 0.3 is 0 Å². The van der Waals surface area contributed by atoms with Gasteiger partial charge in [0.1, 0.15) is 78.0 Å². The molecule has 0 unspecified atom stereocenters. The van der Waals surface area contributed by atoms with E-state index in [0.29, 0.717) is 16.7 Å². The minimum atomic E-state index is -1.81. The summed E-state index contributed by atoms with van der Waals surface area (Å²) >= 11 is 0. The number of nitrogens with one attached hydrogen (secondary N) is 11. The third kappa shape index (κ3) is 27.6. The van der Waals surface area contributed by atoms with Gasteiger partial charge in [-0.05, 0) is 92.8 Å². The number of carbonyl (C=O) groups excluding carboxylic acids is 14. The maximum absolute atomic E-state index is 14.3. The van der Waals surface area contributed by atoms with Crippen molar-refractivity contribution in [3.8, 4) is 11.5 Å². The first kappa shape index (κ1) is 80.5. The number of primary amides is 2. The first-order valence-electron chi connectivity index (χ1n) is 31.8. The summed E-state index contributed by atoms with van der Waals surface area (Å²) in [5, 5.41) is 66.6. The van der Waals surface area contributed by atoms with Crippen LogP contribution in [0.3, 0.4) is 0 Å². The molecule has 0 aliphatic carbocycles. The lowest BCUT2D eigenvalue weighted by Gasteiger charge is -2.29. The lowest BCUT2D eigenvalue weighted by Crippen LogP contribution is -2.61. The summed E-state index contributed by atoms with van der Waals surface area (Å²) < 4.78 is 0. The topological polar surface area (TPSA) is 572 Å². The van der Waals surface area contributed by atoms with Gasteiger partial charge in [0.15, 0.2) is 5.96 Å². The van der Waals surface area contributed by atoms with Gasteiger partial charge < -0.3 is 107 Å². The number of aliphatic hydroxyl groups is 2. The predicted octanol–water partition coefficient (Wildman–Crippen LogP) is -6.41. The smallest absolute Gasteiger partial charge is 0.248 e. The van der Waals surface area contributed by atoms with Crippen molar-refractivity contribution in [1.29, 1.82) is 0 Å². The predicted molar refractivity (Wildman–Crippen MR) is 354 cm³/mol. The van der Waals surface area contributed by atoms with E-state index in [-0.39, 0.29) is 87.8 Å². The molecule has 0 saturated carbocycles. The quantitative estimate of drug-likeness (QED) is 0.0143. The molecule has 14 amide bonds. The number of phenolic OH excluding ortho intramolecular Hbond substituents is 2. The number of carbonyl (C=O) groups is 14. The molecule has 1 fully saturated rings. The second kappa shape index (κ2) is 39.9. The number of nitrogens with two attached hydrogens (primary N) is 4. The van der Waals surface area contributed by atoms with Crippen LogP contribution < -0.4 is 81.4 Å². The second-order valence-corrected chi connectivity index (χ2v) is 24.1. The molecule has 1 saturated heterocycles. The Hall–Kier alpha value is -11.0. The fraction of sp³-hybridized carbons (Fsp3) is 0.484. The van der Waals surface area contributed by atoms with E-state index in [9.17, 15) is 87.5 Å². The zero-order valence-electron chi connectivity index (χ0n) is 55.5. The molecule has 11 atom stereocenters. The maximum atomic E-state index is 14.3. The van der Waals surface area contributed by atoms with E-state index in [1.807, 2.05) is 13.8 Å². The minimum Gasteiger partial charge on any atom is -0.508 e. The largest absolute Gasteiger partial charge is 0.508 e. The van der Waals surface area contributed by atoms with Gasteiger partial charge in [0.25, 0.3) is 0 Å². The number of guanidine groups is 1. The molecular formula is C64H91N17O18. The fourth-order valence-electron chi connectivity index (χ4n) is 10.2. The van der Waals surface area contributed by atoms with Crippen molar-refractivity contribution in [2.45, 2.75) is 159 Å². The van der Waals surface area contributed by atoms with Crippen molar-refractivity contribution in [3.05, 3.63) is 95.6 Å². The number of aromatic hydroxyl groups is 2. The van der Waals surface area contributed by atoms with Crippen LogP contribution in [0.15, 0.2) is 83.9 Å². The molecule has 3 aromatic rings. The fourth-order valence-corrected chi connectivity index (χ4v) is 10.2. The lowest BCUT2D eigenvalue weighted by atomic mass is 10.0. The Balaban J connectivity index is 1.46. The van der Waals surface area contributed by atoms with Crippen LogP contribution in [0.25, 0.3) is 0 Å². The monoisotopic (exact) mass is 1390 g/mol. The van der Waals surface area contributed by atoms with Gasteiger partial charge in [0.2, 0.25) is 82.7 Å². The van der Waals surface area contributed by atoms with Crippen LogP contribution in [0.1, 0.15) is 89.8 Å². The van der Waals surface area contributed by atoms with Crippen molar-refractivity contribution in [2.75, 3.05) is 32.8 Å². The molecule has 540 valence electrons. The molecule has 1 heterocycles. The average molecular weight is 1390 g/mol. The molecule has 0 spiro atoms. The Kier molecular flexibility index (Phi) is 32.4. The zero-order valence-corrected chi connectivity index (χ0v) is 55.5. The molecule has 0 aromatic heterocycles. The number of benzene rings is 3. The number of aliphatic hydroxyl groups excluding tert-OH is 2. The maximum Gasteiger partial charge on any atom is 0.248 e. The molecule has 99 heavy (non-hydrogen) atoms. The average Bonchev–Trinajstić information content (AvgIpc) is 1.77. The third-order valence-corrected chi connectivity index (χ3v) is 15.4. The molecule has 35 heteroatoms. The second-order valence-electron chi connectivity index (χ2n) is 24.1. The minimum absolute atomic E-state index is 0.0149. The van der Waals surface area contributed by atoms with Crippen LogP contribution in [0.4, 0.5) is 0 Å². The van der Waals surface area contributed by atoms with Crippen molar-refractivity contribution in [1.82, 2.24) is 63.4 Å². The third-order valence-electron chi connectivity index (χ3n) is 15.4. The molecule has 0 bridgehead atoms. The van der Waals surface area contributed by atoms with Gasteiger partial charge in [0, 0.05) is 39.3 Å². The normalized spacial score (nSPS) is 15.5. The van der Waals surface area contributed by atoms with Gasteiger partial charge in [-0.1, -0.05) is 68.4 Å².